The molecule has 1 aromatic heterocycles. The van der Waals surface area contributed by atoms with Gasteiger partial charge in [-0.05, 0) is 30.3 Å². The van der Waals surface area contributed by atoms with E-state index in [1.54, 1.807) is 12.1 Å². The third-order valence-electron chi connectivity index (χ3n) is 3.72. The summed E-state index contributed by atoms with van der Waals surface area (Å²) in [6, 6.07) is 10.0. The summed E-state index contributed by atoms with van der Waals surface area (Å²) >= 11 is 0. The number of carbonyl (C=O) groups is 2. The highest BCUT2D eigenvalue weighted by molar-refractivity contribution is 5.96. The van der Waals surface area contributed by atoms with Crippen LogP contribution < -0.4 is 11.3 Å². The Kier molecular flexibility index (Phi) is 4.40. The molecule has 0 fully saturated rings. The average Bonchev–Trinajstić information content (AvgIpc) is 2.66. The van der Waals surface area contributed by atoms with Crippen LogP contribution in [0.3, 0.4) is 0 Å². The van der Waals surface area contributed by atoms with E-state index in [2.05, 4.69) is 9.47 Å². The van der Waals surface area contributed by atoms with Gasteiger partial charge in [-0.15, -0.1) is 0 Å². The van der Waals surface area contributed by atoms with Crippen LogP contribution in [-0.4, -0.2) is 30.7 Å². The van der Waals surface area contributed by atoms with Crippen molar-refractivity contribution < 1.29 is 23.5 Å². The Balaban J connectivity index is 2.35. The number of nitrogens with zero attached hydrogens (tertiary/aromatic N) is 1. The first-order chi connectivity index (χ1) is 12.5. The number of methoxy groups -OCH3 is 2. The van der Waals surface area contributed by atoms with Crippen molar-refractivity contribution in [3.8, 4) is 5.69 Å². The maximum atomic E-state index is 12.7. The second-order valence-corrected chi connectivity index (χ2v) is 5.26. The zero-order chi connectivity index (χ0) is 18.8. The Hall–Kier alpha value is -3.68. The molecule has 1 heterocycles. The number of hydrogen-bond donors (Lipinski definition) is 0. The Morgan fingerprint density at radius 2 is 1.50 bits per heavy atom. The van der Waals surface area contributed by atoms with E-state index in [0.29, 0.717) is 0 Å². The van der Waals surface area contributed by atoms with Crippen LogP contribution in [0.5, 0.6) is 0 Å². The number of esters is 2. The topological polar surface area (TPSA) is 105 Å². The van der Waals surface area contributed by atoms with Gasteiger partial charge >= 0.3 is 17.7 Å². The molecule has 26 heavy (non-hydrogen) atoms. The summed E-state index contributed by atoms with van der Waals surface area (Å²) in [5.41, 5.74) is -0.571. The Morgan fingerprint density at radius 1 is 0.923 bits per heavy atom. The van der Waals surface area contributed by atoms with Crippen LogP contribution in [0.25, 0.3) is 16.7 Å². The van der Waals surface area contributed by atoms with Gasteiger partial charge in [-0.2, -0.15) is 0 Å². The number of aromatic nitrogens is 1. The van der Waals surface area contributed by atoms with Crippen molar-refractivity contribution in [1.82, 2.24) is 4.57 Å². The van der Waals surface area contributed by atoms with Gasteiger partial charge in [-0.25, -0.2) is 19.0 Å². The van der Waals surface area contributed by atoms with Crippen molar-refractivity contribution in [3.63, 3.8) is 0 Å². The van der Waals surface area contributed by atoms with Gasteiger partial charge in [-0.3, -0.25) is 4.79 Å². The molecule has 0 bridgehead atoms. The van der Waals surface area contributed by atoms with E-state index in [-0.39, 0.29) is 27.8 Å². The Morgan fingerprint density at radius 3 is 2.08 bits per heavy atom. The fraction of sp³-hybridized carbons (Fsp3) is 0.111. The van der Waals surface area contributed by atoms with Gasteiger partial charge < -0.3 is 13.9 Å². The van der Waals surface area contributed by atoms with Gasteiger partial charge in [0.25, 0.3) is 5.56 Å². The lowest BCUT2D eigenvalue weighted by Crippen LogP contribution is -2.31. The number of ether oxygens (including phenoxy) is 2. The van der Waals surface area contributed by atoms with Gasteiger partial charge in [0.1, 0.15) is 5.58 Å². The highest BCUT2D eigenvalue weighted by Gasteiger charge is 2.18. The monoisotopic (exact) mass is 355 g/mol. The lowest BCUT2D eigenvalue weighted by molar-refractivity contribution is 0.0599. The molecule has 0 saturated heterocycles. The molecule has 0 radical (unpaired) electrons. The first-order valence-electron chi connectivity index (χ1n) is 7.43. The van der Waals surface area contributed by atoms with E-state index in [4.69, 9.17) is 4.42 Å². The Labute approximate surface area is 146 Å². The summed E-state index contributed by atoms with van der Waals surface area (Å²) in [7, 11) is 2.34. The van der Waals surface area contributed by atoms with Crippen LogP contribution in [0.15, 0.2) is 56.5 Å². The zero-order valence-electron chi connectivity index (χ0n) is 13.8. The molecular formula is C18H13NO7. The van der Waals surface area contributed by atoms with Crippen molar-refractivity contribution in [2.24, 2.45) is 0 Å². The summed E-state index contributed by atoms with van der Waals surface area (Å²) in [6.45, 7) is 0. The summed E-state index contributed by atoms with van der Waals surface area (Å²) in [4.78, 5) is 48.8. The molecule has 0 spiro atoms. The summed E-state index contributed by atoms with van der Waals surface area (Å²) < 4.78 is 15.2. The first kappa shape index (κ1) is 17.2. The van der Waals surface area contributed by atoms with Crippen LogP contribution in [0.2, 0.25) is 0 Å². The Bertz CT molecular complexity index is 1110. The number of carbonyl (C=O) groups excluding carboxylic acids is 2. The van der Waals surface area contributed by atoms with Gasteiger partial charge in [0, 0.05) is 0 Å². The molecule has 0 N–H and O–H groups in total. The third kappa shape index (κ3) is 2.88. The van der Waals surface area contributed by atoms with E-state index in [9.17, 15) is 19.2 Å². The molecule has 8 heteroatoms. The van der Waals surface area contributed by atoms with E-state index in [0.717, 1.165) is 4.57 Å². The van der Waals surface area contributed by atoms with Crippen molar-refractivity contribution >= 4 is 22.9 Å². The molecule has 3 rings (SSSR count). The lowest BCUT2D eigenvalue weighted by Gasteiger charge is -2.09. The maximum Gasteiger partial charge on any atom is 0.426 e. The second kappa shape index (κ2) is 6.67. The largest absolute Gasteiger partial charge is 0.465 e. The zero-order valence-corrected chi connectivity index (χ0v) is 13.8. The van der Waals surface area contributed by atoms with Gasteiger partial charge in [0.2, 0.25) is 0 Å². The SMILES string of the molecule is COC(=O)c1cc(C(=O)OC)cc(-n2c(=O)oc3ccccc3c2=O)c1. The van der Waals surface area contributed by atoms with E-state index >= 15 is 0 Å². The second-order valence-electron chi connectivity index (χ2n) is 5.26. The standard InChI is InChI=1S/C18H13NO7/c1-24-16(21)10-7-11(17(22)25-2)9-12(8-10)19-15(20)13-5-3-4-6-14(13)26-18(19)23/h3-9H,1-2H3. The smallest absolute Gasteiger partial charge is 0.426 e. The van der Waals surface area contributed by atoms with E-state index in [1.165, 1.54) is 44.6 Å². The van der Waals surface area contributed by atoms with Crippen LogP contribution in [0.4, 0.5) is 0 Å². The normalized spacial score (nSPS) is 10.5. The minimum atomic E-state index is -0.952. The van der Waals surface area contributed by atoms with Crippen LogP contribution >= 0.6 is 0 Å². The van der Waals surface area contributed by atoms with Crippen molar-refractivity contribution in [2.75, 3.05) is 14.2 Å². The predicted molar refractivity (Wildman–Crippen MR) is 90.8 cm³/mol. The van der Waals surface area contributed by atoms with Crippen molar-refractivity contribution in [2.45, 2.75) is 0 Å². The third-order valence-corrected chi connectivity index (χ3v) is 3.72. The van der Waals surface area contributed by atoms with Gasteiger partial charge in [-0.1, -0.05) is 12.1 Å². The fourth-order valence-electron chi connectivity index (χ4n) is 2.51. The molecule has 0 unspecified atom stereocenters. The van der Waals surface area contributed by atoms with Gasteiger partial charge in [0.15, 0.2) is 0 Å². The molecule has 2 aromatic carbocycles. The first-order valence-corrected chi connectivity index (χ1v) is 7.43. The average molecular weight is 355 g/mol. The highest BCUT2D eigenvalue weighted by atomic mass is 16.5. The summed E-state index contributed by atoms with van der Waals surface area (Å²) in [5.74, 6) is -2.43. The quantitative estimate of drug-likeness (QED) is 0.656. The van der Waals surface area contributed by atoms with Crippen LogP contribution in [-0.2, 0) is 9.47 Å². The molecule has 0 amide bonds. The summed E-state index contributed by atoms with van der Waals surface area (Å²) in [5, 5.41) is 0.176. The maximum absolute atomic E-state index is 12.7. The van der Waals surface area contributed by atoms with E-state index in [1.807, 2.05) is 0 Å². The molecule has 3 aromatic rings. The molecule has 132 valence electrons. The van der Waals surface area contributed by atoms with Crippen LogP contribution in [0, 0.1) is 0 Å². The van der Waals surface area contributed by atoms with Gasteiger partial charge in [0.05, 0.1) is 36.4 Å². The van der Waals surface area contributed by atoms with Crippen molar-refractivity contribution in [1.29, 1.82) is 0 Å². The molecule has 0 saturated carbocycles. The molecule has 0 aliphatic heterocycles. The van der Waals surface area contributed by atoms with Crippen LogP contribution in [0.1, 0.15) is 20.7 Å². The molecule has 0 aliphatic rings. The minimum absolute atomic E-state index is 0.0159. The lowest BCUT2D eigenvalue weighted by atomic mass is 10.1. The predicted octanol–water partition coefficient (Wildman–Crippen LogP) is 1.52. The number of para-hydroxylation sites is 1. The van der Waals surface area contributed by atoms with Crippen molar-refractivity contribution in [3.05, 3.63) is 74.5 Å². The minimum Gasteiger partial charge on any atom is -0.465 e. The number of fused-ring (bicyclic) bond motifs is 1. The molecule has 0 atom stereocenters. The molecular weight excluding hydrogens is 342 g/mol. The fourth-order valence-corrected chi connectivity index (χ4v) is 2.51. The highest BCUT2D eigenvalue weighted by Crippen LogP contribution is 2.16. The number of rotatable bonds is 3. The van der Waals surface area contributed by atoms with E-state index < -0.39 is 23.3 Å². The molecule has 0 aliphatic carbocycles. The number of benzene rings is 2. The summed E-state index contributed by atoms with van der Waals surface area (Å²) in [6.07, 6.45) is 0. The molecule has 8 nitrogen and oxygen atoms in total. The number of hydrogen-bond acceptors (Lipinski definition) is 7.